The van der Waals surface area contributed by atoms with Crippen molar-refractivity contribution < 1.29 is 14.3 Å². The number of phenols is 1. The number of oxazole rings is 1. The number of hydrogen-bond donors (Lipinski definition) is 1. The first-order chi connectivity index (χ1) is 9.69. The van der Waals surface area contributed by atoms with Gasteiger partial charge in [0.05, 0.1) is 19.2 Å². The van der Waals surface area contributed by atoms with Gasteiger partial charge in [0, 0.05) is 11.6 Å². The second-order valence-corrected chi connectivity index (χ2v) is 4.42. The van der Waals surface area contributed by atoms with Gasteiger partial charge in [-0.3, -0.25) is 4.57 Å². The molecule has 5 nitrogen and oxygen atoms in total. The molecule has 0 bridgehead atoms. The number of aromatic hydroxyl groups is 1. The molecule has 0 fully saturated rings. The number of benzene rings is 2. The first-order valence-electron chi connectivity index (χ1n) is 6.13. The standard InChI is InChI=1S/C15H13NO4/c1-19-13-5-3-2-4-10(13)9-16-12-7-6-11(17)8-14(12)20-15(16)18/h2-8,17H,9H2,1H3. The van der Waals surface area contributed by atoms with E-state index in [1.54, 1.807) is 13.2 Å². The van der Waals surface area contributed by atoms with E-state index in [1.807, 2.05) is 24.3 Å². The van der Waals surface area contributed by atoms with Crippen molar-refractivity contribution in [3.8, 4) is 11.5 Å². The maximum atomic E-state index is 11.9. The second-order valence-electron chi connectivity index (χ2n) is 4.42. The summed E-state index contributed by atoms with van der Waals surface area (Å²) in [5.74, 6) is 0.319. The highest BCUT2D eigenvalue weighted by Crippen LogP contribution is 2.22. The molecule has 3 aromatic rings. The van der Waals surface area contributed by atoms with Crippen molar-refractivity contribution in [1.82, 2.24) is 4.57 Å². The molecule has 0 amide bonds. The van der Waals surface area contributed by atoms with Crippen molar-refractivity contribution in [2.75, 3.05) is 7.11 Å². The van der Waals surface area contributed by atoms with Crippen LogP contribution in [-0.4, -0.2) is 16.8 Å². The van der Waals surface area contributed by atoms with Gasteiger partial charge in [0.2, 0.25) is 0 Å². The van der Waals surface area contributed by atoms with Crippen LogP contribution in [0.1, 0.15) is 5.56 Å². The van der Waals surface area contributed by atoms with E-state index < -0.39 is 5.76 Å². The molecule has 20 heavy (non-hydrogen) atoms. The van der Waals surface area contributed by atoms with Gasteiger partial charge in [-0.2, -0.15) is 0 Å². The van der Waals surface area contributed by atoms with E-state index in [0.29, 0.717) is 23.4 Å². The van der Waals surface area contributed by atoms with Crippen molar-refractivity contribution in [3.63, 3.8) is 0 Å². The highest BCUT2D eigenvalue weighted by Gasteiger charge is 2.12. The summed E-state index contributed by atoms with van der Waals surface area (Å²) in [6.45, 7) is 0.348. The molecular formula is C15H13NO4. The first-order valence-corrected chi connectivity index (χ1v) is 6.13. The van der Waals surface area contributed by atoms with Gasteiger partial charge in [-0.25, -0.2) is 4.79 Å². The summed E-state index contributed by atoms with van der Waals surface area (Å²) in [5.41, 5.74) is 1.89. The molecule has 0 aliphatic rings. The third kappa shape index (κ3) is 2.03. The summed E-state index contributed by atoms with van der Waals surface area (Å²) in [6, 6.07) is 12.1. The minimum Gasteiger partial charge on any atom is -0.508 e. The van der Waals surface area contributed by atoms with E-state index in [1.165, 1.54) is 16.7 Å². The Morgan fingerprint density at radius 1 is 1.25 bits per heavy atom. The molecule has 0 atom stereocenters. The van der Waals surface area contributed by atoms with Gasteiger partial charge in [-0.05, 0) is 18.2 Å². The molecule has 3 rings (SSSR count). The molecule has 2 aromatic carbocycles. The van der Waals surface area contributed by atoms with Gasteiger partial charge < -0.3 is 14.3 Å². The molecule has 0 spiro atoms. The van der Waals surface area contributed by atoms with Gasteiger partial charge >= 0.3 is 5.76 Å². The van der Waals surface area contributed by atoms with Crippen LogP contribution in [-0.2, 0) is 6.54 Å². The van der Waals surface area contributed by atoms with Crippen molar-refractivity contribution in [2.24, 2.45) is 0 Å². The number of hydrogen-bond acceptors (Lipinski definition) is 4. The Balaban J connectivity index is 2.11. The summed E-state index contributed by atoms with van der Waals surface area (Å²) < 4.78 is 11.9. The zero-order valence-electron chi connectivity index (χ0n) is 10.9. The Hall–Kier alpha value is -2.69. The highest BCUT2D eigenvalue weighted by atomic mass is 16.5. The zero-order chi connectivity index (χ0) is 14.1. The third-order valence-corrected chi connectivity index (χ3v) is 3.17. The predicted octanol–water partition coefficient (Wildman–Crippen LogP) is 2.36. The van der Waals surface area contributed by atoms with Crippen LogP contribution in [0.3, 0.4) is 0 Å². The number of rotatable bonds is 3. The summed E-state index contributed by atoms with van der Waals surface area (Å²) in [6.07, 6.45) is 0. The minimum atomic E-state index is -0.462. The van der Waals surface area contributed by atoms with Crippen LogP contribution in [0.25, 0.3) is 11.1 Å². The van der Waals surface area contributed by atoms with E-state index in [2.05, 4.69) is 0 Å². The SMILES string of the molecule is COc1ccccc1Cn1c(=O)oc2cc(O)ccc21. The van der Waals surface area contributed by atoms with Crippen LogP contribution < -0.4 is 10.5 Å². The molecule has 0 aliphatic carbocycles. The number of phenolic OH excluding ortho intramolecular Hbond substituents is 1. The van der Waals surface area contributed by atoms with Crippen LogP contribution in [0, 0.1) is 0 Å². The third-order valence-electron chi connectivity index (χ3n) is 3.17. The second kappa shape index (κ2) is 4.77. The lowest BCUT2D eigenvalue weighted by Crippen LogP contribution is -2.15. The number of methoxy groups -OCH3 is 1. The van der Waals surface area contributed by atoms with E-state index in [0.717, 1.165) is 5.56 Å². The van der Waals surface area contributed by atoms with Crippen LogP contribution in [0.15, 0.2) is 51.7 Å². The Morgan fingerprint density at radius 2 is 2.05 bits per heavy atom. The van der Waals surface area contributed by atoms with Gasteiger partial charge in [-0.1, -0.05) is 18.2 Å². The Morgan fingerprint density at radius 3 is 2.85 bits per heavy atom. The molecule has 5 heteroatoms. The molecule has 102 valence electrons. The van der Waals surface area contributed by atoms with E-state index in [-0.39, 0.29) is 5.75 Å². The van der Waals surface area contributed by atoms with Gasteiger partial charge in [0.1, 0.15) is 11.5 Å². The minimum absolute atomic E-state index is 0.0655. The molecule has 0 aliphatic heterocycles. The summed E-state index contributed by atoms with van der Waals surface area (Å²) in [7, 11) is 1.59. The molecule has 0 saturated carbocycles. The summed E-state index contributed by atoms with van der Waals surface area (Å²) in [4.78, 5) is 11.9. The van der Waals surface area contributed by atoms with Gasteiger partial charge in [-0.15, -0.1) is 0 Å². The summed E-state index contributed by atoms with van der Waals surface area (Å²) >= 11 is 0. The van der Waals surface area contributed by atoms with Crippen molar-refractivity contribution in [2.45, 2.75) is 6.54 Å². The quantitative estimate of drug-likeness (QED) is 0.794. The van der Waals surface area contributed by atoms with Crippen LogP contribution in [0.4, 0.5) is 0 Å². The molecule has 0 unspecified atom stereocenters. The average molecular weight is 271 g/mol. The fourth-order valence-corrected chi connectivity index (χ4v) is 2.21. The van der Waals surface area contributed by atoms with Gasteiger partial charge in [0.25, 0.3) is 0 Å². The number of aromatic nitrogens is 1. The van der Waals surface area contributed by atoms with E-state index in [4.69, 9.17) is 9.15 Å². The number of para-hydroxylation sites is 1. The van der Waals surface area contributed by atoms with Crippen LogP contribution in [0.2, 0.25) is 0 Å². The Labute approximate surface area is 114 Å². The molecular weight excluding hydrogens is 258 g/mol. The molecule has 1 heterocycles. The number of ether oxygens (including phenoxy) is 1. The maximum Gasteiger partial charge on any atom is 0.420 e. The predicted molar refractivity (Wildman–Crippen MR) is 74.2 cm³/mol. The van der Waals surface area contributed by atoms with Crippen molar-refractivity contribution in [3.05, 3.63) is 58.6 Å². The normalized spacial score (nSPS) is 10.8. The van der Waals surface area contributed by atoms with E-state index >= 15 is 0 Å². The fourth-order valence-electron chi connectivity index (χ4n) is 2.21. The molecule has 0 radical (unpaired) electrons. The van der Waals surface area contributed by atoms with Crippen LogP contribution >= 0.6 is 0 Å². The van der Waals surface area contributed by atoms with Crippen molar-refractivity contribution in [1.29, 1.82) is 0 Å². The van der Waals surface area contributed by atoms with E-state index in [9.17, 15) is 9.90 Å². The lowest BCUT2D eigenvalue weighted by molar-refractivity contribution is 0.407. The fraction of sp³-hybridized carbons (Fsp3) is 0.133. The number of fused-ring (bicyclic) bond motifs is 1. The zero-order valence-corrected chi connectivity index (χ0v) is 10.9. The largest absolute Gasteiger partial charge is 0.508 e. The Kier molecular flexibility index (Phi) is 2.95. The molecule has 1 aromatic heterocycles. The maximum absolute atomic E-state index is 11.9. The monoisotopic (exact) mass is 271 g/mol. The molecule has 0 saturated heterocycles. The van der Waals surface area contributed by atoms with Gasteiger partial charge in [0.15, 0.2) is 5.58 Å². The Bertz CT molecular complexity index is 816. The topological polar surface area (TPSA) is 64.6 Å². The first kappa shape index (κ1) is 12.3. The van der Waals surface area contributed by atoms with Crippen molar-refractivity contribution >= 4 is 11.1 Å². The highest BCUT2D eigenvalue weighted by molar-refractivity contribution is 5.74. The molecule has 1 N–H and O–H groups in total. The number of nitrogens with zero attached hydrogens (tertiary/aromatic N) is 1. The lowest BCUT2D eigenvalue weighted by Gasteiger charge is -2.08. The lowest BCUT2D eigenvalue weighted by atomic mass is 10.2. The average Bonchev–Trinajstić information content (AvgIpc) is 2.75. The summed E-state index contributed by atoms with van der Waals surface area (Å²) in [5, 5.41) is 9.41. The van der Waals surface area contributed by atoms with Crippen LogP contribution in [0.5, 0.6) is 11.5 Å². The smallest absolute Gasteiger partial charge is 0.420 e.